The lowest BCUT2D eigenvalue weighted by molar-refractivity contribution is -0.121. The van der Waals surface area contributed by atoms with Crippen molar-refractivity contribution in [1.82, 2.24) is 0 Å². The summed E-state index contributed by atoms with van der Waals surface area (Å²) >= 11 is 1.47. The molecule has 26 heavy (non-hydrogen) atoms. The predicted octanol–water partition coefficient (Wildman–Crippen LogP) is 4.50. The van der Waals surface area contributed by atoms with Crippen LogP contribution in [0.4, 0.5) is 0 Å². The first-order valence-electron chi connectivity index (χ1n) is 8.93. The monoisotopic (exact) mass is 366 g/mol. The number of methoxy groups -OCH3 is 1. The van der Waals surface area contributed by atoms with Gasteiger partial charge in [0.25, 0.3) is 0 Å². The van der Waals surface area contributed by atoms with E-state index in [2.05, 4.69) is 11.8 Å². The minimum absolute atomic E-state index is 0.0475. The molecule has 1 fully saturated rings. The van der Waals surface area contributed by atoms with Gasteiger partial charge in [0.2, 0.25) is 0 Å². The van der Waals surface area contributed by atoms with Crippen LogP contribution in [-0.2, 0) is 16.0 Å². The van der Waals surface area contributed by atoms with Crippen molar-refractivity contribution in [1.29, 1.82) is 0 Å². The largest absolute Gasteiger partial charge is 0.465 e. The highest BCUT2D eigenvalue weighted by molar-refractivity contribution is 7.13. The molecule has 2 atom stereocenters. The van der Waals surface area contributed by atoms with Gasteiger partial charge in [0, 0.05) is 28.7 Å². The van der Waals surface area contributed by atoms with E-state index >= 15 is 0 Å². The maximum atomic E-state index is 12.2. The highest BCUT2D eigenvalue weighted by Crippen LogP contribution is 2.32. The second kappa shape index (κ2) is 8.82. The Hall–Kier alpha value is -2.38. The summed E-state index contributed by atoms with van der Waals surface area (Å²) in [7, 11) is 1.39. The van der Waals surface area contributed by atoms with Gasteiger partial charge >= 0.3 is 5.97 Å². The Bertz CT molecular complexity index is 826. The number of hydrogen-bond acceptors (Lipinski definition) is 4. The van der Waals surface area contributed by atoms with Gasteiger partial charge in [0.15, 0.2) is 0 Å². The van der Waals surface area contributed by atoms with Crippen molar-refractivity contribution in [3.63, 3.8) is 0 Å². The quantitative estimate of drug-likeness (QED) is 0.578. The van der Waals surface area contributed by atoms with Gasteiger partial charge in [0.1, 0.15) is 10.7 Å². The van der Waals surface area contributed by atoms with E-state index in [-0.39, 0.29) is 17.8 Å². The average Bonchev–Trinajstić information content (AvgIpc) is 3.28. The molecule has 0 N–H and O–H groups in total. The second-order valence-electron chi connectivity index (χ2n) is 6.50. The molecule has 4 heteroatoms. The fraction of sp³-hybridized carbons (Fsp3) is 0.364. The molecule has 0 bridgehead atoms. The van der Waals surface area contributed by atoms with Crippen LogP contribution in [0.1, 0.15) is 45.8 Å². The van der Waals surface area contributed by atoms with Crippen molar-refractivity contribution in [2.45, 2.75) is 32.1 Å². The minimum Gasteiger partial charge on any atom is -0.465 e. The Morgan fingerprint density at radius 2 is 2.04 bits per heavy atom. The van der Waals surface area contributed by atoms with Gasteiger partial charge in [-0.25, -0.2) is 4.79 Å². The van der Waals surface area contributed by atoms with E-state index < -0.39 is 0 Å². The number of ketones is 1. The number of esters is 1. The number of carbonyl (C=O) groups is 2. The first-order chi connectivity index (χ1) is 12.7. The van der Waals surface area contributed by atoms with E-state index in [1.807, 2.05) is 36.4 Å². The lowest BCUT2D eigenvalue weighted by Crippen LogP contribution is -2.13. The molecule has 0 radical (unpaired) electrons. The molecule has 1 heterocycles. The lowest BCUT2D eigenvalue weighted by atomic mass is 9.90. The van der Waals surface area contributed by atoms with Gasteiger partial charge in [0.05, 0.1) is 7.11 Å². The topological polar surface area (TPSA) is 43.4 Å². The number of thiophene rings is 1. The van der Waals surface area contributed by atoms with Crippen LogP contribution >= 0.6 is 11.3 Å². The van der Waals surface area contributed by atoms with E-state index in [9.17, 15) is 9.59 Å². The zero-order valence-electron chi connectivity index (χ0n) is 14.9. The van der Waals surface area contributed by atoms with Gasteiger partial charge in [-0.1, -0.05) is 30.0 Å². The van der Waals surface area contributed by atoms with Gasteiger partial charge < -0.3 is 4.74 Å². The molecule has 1 aromatic heterocycles. The molecule has 2 aromatic rings. The molecule has 0 saturated heterocycles. The number of carbonyl (C=O) groups excluding carboxylic acids is 2. The van der Waals surface area contributed by atoms with Crippen molar-refractivity contribution in [2.75, 3.05) is 7.11 Å². The Kier molecular flexibility index (Phi) is 6.25. The van der Waals surface area contributed by atoms with Crippen LogP contribution in [0.3, 0.4) is 0 Å². The molecule has 134 valence electrons. The molecule has 1 aromatic carbocycles. The molecule has 1 aliphatic carbocycles. The summed E-state index contributed by atoms with van der Waals surface area (Å²) in [6.45, 7) is 0. The number of benzene rings is 1. The Balaban J connectivity index is 1.56. The van der Waals surface area contributed by atoms with Crippen molar-refractivity contribution >= 4 is 23.1 Å². The van der Waals surface area contributed by atoms with Crippen LogP contribution in [0, 0.1) is 23.7 Å². The minimum atomic E-state index is -0.288. The van der Waals surface area contributed by atoms with E-state index in [1.54, 1.807) is 6.07 Å². The molecule has 0 amide bonds. The number of Topliss-reactive ketones (excluding diaryl/α,β-unsaturated/α-hetero) is 1. The number of hydrogen-bond donors (Lipinski definition) is 0. The summed E-state index contributed by atoms with van der Waals surface area (Å²) in [6, 6.07) is 13.7. The summed E-state index contributed by atoms with van der Waals surface area (Å²) in [5.41, 5.74) is 1.000. The first-order valence-corrected chi connectivity index (χ1v) is 9.75. The predicted molar refractivity (Wildman–Crippen MR) is 103 cm³/mol. The van der Waals surface area contributed by atoms with Crippen molar-refractivity contribution in [2.24, 2.45) is 11.8 Å². The third-order valence-corrected chi connectivity index (χ3v) is 5.89. The standard InChI is InChI=1S/C22H22O3S/c1-25-22(24)21-15-13-18(26-21)8-5-9-19-17(12-14-20(19)23)11-10-16-6-3-2-4-7-16/h2-4,6-7,13,15,17,19H,5,8-9,12,14H2,1H3. The van der Waals surface area contributed by atoms with Gasteiger partial charge in [-0.2, -0.15) is 0 Å². The average molecular weight is 366 g/mol. The van der Waals surface area contributed by atoms with Crippen LogP contribution in [-0.4, -0.2) is 18.9 Å². The third kappa shape index (κ3) is 4.62. The number of aryl methyl sites for hydroxylation is 1. The summed E-state index contributed by atoms with van der Waals surface area (Å²) < 4.78 is 4.74. The Morgan fingerprint density at radius 3 is 2.81 bits per heavy atom. The zero-order chi connectivity index (χ0) is 18.4. The molecule has 1 aliphatic rings. The smallest absolute Gasteiger partial charge is 0.348 e. The molecular weight excluding hydrogens is 344 g/mol. The van der Waals surface area contributed by atoms with Crippen LogP contribution in [0.5, 0.6) is 0 Å². The normalized spacial score (nSPS) is 19.0. The molecule has 0 aliphatic heterocycles. The lowest BCUT2D eigenvalue weighted by Gasteiger charge is -2.12. The Labute approximate surface area is 158 Å². The van der Waals surface area contributed by atoms with Crippen LogP contribution in [0.25, 0.3) is 0 Å². The molecule has 3 rings (SSSR count). The van der Waals surface area contributed by atoms with Crippen molar-refractivity contribution in [3.8, 4) is 11.8 Å². The molecule has 1 saturated carbocycles. The fourth-order valence-corrected chi connectivity index (χ4v) is 4.33. The van der Waals surface area contributed by atoms with Crippen molar-refractivity contribution < 1.29 is 14.3 Å². The Morgan fingerprint density at radius 1 is 1.23 bits per heavy atom. The van der Waals surface area contributed by atoms with E-state index in [0.29, 0.717) is 17.1 Å². The van der Waals surface area contributed by atoms with Gasteiger partial charge in [-0.05, 0) is 49.9 Å². The maximum Gasteiger partial charge on any atom is 0.348 e. The highest BCUT2D eigenvalue weighted by atomic mass is 32.1. The van der Waals surface area contributed by atoms with Crippen LogP contribution in [0.2, 0.25) is 0 Å². The first kappa shape index (κ1) is 18.4. The molecule has 0 spiro atoms. The fourth-order valence-electron chi connectivity index (χ4n) is 3.36. The van der Waals surface area contributed by atoms with Crippen LogP contribution in [0.15, 0.2) is 42.5 Å². The van der Waals surface area contributed by atoms with E-state index in [0.717, 1.165) is 36.1 Å². The summed E-state index contributed by atoms with van der Waals surface area (Å²) in [6.07, 6.45) is 4.18. The summed E-state index contributed by atoms with van der Waals surface area (Å²) in [5, 5.41) is 0. The molecular formula is C22H22O3S. The SMILES string of the molecule is COC(=O)c1ccc(CCCC2C(=O)CCC2C#Cc2ccccc2)s1. The number of rotatable bonds is 5. The molecule has 2 unspecified atom stereocenters. The highest BCUT2D eigenvalue weighted by Gasteiger charge is 2.32. The summed E-state index contributed by atoms with van der Waals surface area (Å²) in [4.78, 5) is 25.5. The molecule has 3 nitrogen and oxygen atoms in total. The maximum absolute atomic E-state index is 12.2. The zero-order valence-corrected chi connectivity index (χ0v) is 15.7. The van der Waals surface area contributed by atoms with Crippen LogP contribution < -0.4 is 0 Å². The third-order valence-electron chi connectivity index (χ3n) is 4.76. The summed E-state index contributed by atoms with van der Waals surface area (Å²) in [5.74, 6) is 6.81. The van der Waals surface area contributed by atoms with Gasteiger partial charge in [-0.3, -0.25) is 4.79 Å². The van der Waals surface area contributed by atoms with Gasteiger partial charge in [-0.15, -0.1) is 11.3 Å². The van der Waals surface area contributed by atoms with E-state index in [1.165, 1.54) is 18.4 Å². The van der Waals surface area contributed by atoms with Crippen molar-refractivity contribution in [3.05, 3.63) is 57.8 Å². The van der Waals surface area contributed by atoms with E-state index in [4.69, 9.17) is 4.74 Å². The number of ether oxygens (including phenoxy) is 1. The second-order valence-corrected chi connectivity index (χ2v) is 7.67.